The fourth-order valence-corrected chi connectivity index (χ4v) is 2.53. The van der Waals surface area contributed by atoms with Crippen LogP contribution in [0.2, 0.25) is 0 Å². The van der Waals surface area contributed by atoms with Crippen molar-refractivity contribution in [3.05, 3.63) is 29.3 Å². The van der Waals surface area contributed by atoms with E-state index >= 15 is 0 Å². The van der Waals surface area contributed by atoms with E-state index < -0.39 is 23.7 Å². The van der Waals surface area contributed by atoms with Crippen LogP contribution >= 0.6 is 0 Å². The molecule has 1 aliphatic rings. The molecule has 0 unspecified atom stereocenters. The second kappa shape index (κ2) is 7.61. The molecule has 162 valence electrons. The summed E-state index contributed by atoms with van der Waals surface area (Å²) in [5, 5.41) is 6.21. The van der Waals surface area contributed by atoms with Crippen molar-refractivity contribution < 1.29 is 26.7 Å². The monoisotopic (exact) mass is 431 g/mol. The Morgan fingerprint density at radius 1 is 1.30 bits per heavy atom. The minimum atomic E-state index is -4.59. The van der Waals surface area contributed by atoms with E-state index in [1.54, 1.807) is 0 Å². The largest absolute Gasteiger partial charge is 0.425 e. The van der Waals surface area contributed by atoms with E-state index in [0.717, 1.165) is 12.5 Å². The third-order valence-corrected chi connectivity index (χ3v) is 4.18. The van der Waals surface area contributed by atoms with Gasteiger partial charge in [-0.15, -0.1) is 0 Å². The van der Waals surface area contributed by atoms with Crippen LogP contribution in [0, 0.1) is 6.92 Å². The summed E-state index contributed by atoms with van der Waals surface area (Å²) in [6.45, 7) is 1.38. The van der Waals surface area contributed by atoms with Gasteiger partial charge in [0.1, 0.15) is 0 Å². The summed E-state index contributed by atoms with van der Waals surface area (Å²) in [7, 11) is 3.02. The molecule has 0 aliphatic heterocycles. The van der Waals surface area contributed by atoms with E-state index in [0.29, 0.717) is 19.0 Å². The van der Waals surface area contributed by atoms with Crippen molar-refractivity contribution in [1.82, 2.24) is 24.6 Å². The number of halogens is 5. The summed E-state index contributed by atoms with van der Waals surface area (Å²) in [5.41, 5.74) is -0.974. The zero-order chi connectivity index (χ0) is 22.3. The highest BCUT2D eigenvalue weighted by molar-refractivity contribution is 5.88. The molecular formula is C17H18F5N7O. The number of carbonyl (C=O) groups excluding carboxylic acids is 1. The Hall–Kier alpha value is -3.12. The smallest absolute Gasteiger partial charge is 0.369 e. The fourth-order valence-electron chi connectivity index (χ4n) is 2.53. The van der Waals surface area contributed by atoms with Crippen LogP contribution in [-0.4, -0.2) is 51.0 Å². The van der Waals surface area contributed by atoms with Gasteiger partial charge in [-0.3, -0.25) is 4.79 Å². The van der Waals surface area contributed by atoms with E-state index in [4.69, 9.17) is 0 Å². The first-order chi connectivity index (χ1) is 13.9. The first-order valence-corrected chi connectivity index (χ1v) is 8.80. The van der Waals surface area contributed by atoms with Gasteiger partial charge in [-0.2, -0.15) is 36.7 Å². The molecular weight excluding hydrogens is 413 g/mol. The number of aryl methyl sites for hydroxylation is 1. The molecule has 0 radical (unpaired) electrons. The summed E-state index contributed by atoms with van der Waals surface area (Å²) in [6.07, 6.45) is -0.988. The van der Waals surface area contributed by atoms with Crippen molar-refractivity contribution in [2.45, 2.75) is 37.9 Å². The lowest BCUT2D eigenvalue weighted by molar-refractivity contribution is -0.159. The van der Waals surface area contributed by atoms with Gasteiger partial charge in [-0.25, -0.2) is 9.97 Å². The quantitative estimate of drug-likeness (QED) is 0.429. The standard InChI is InChI=1S/C17H18F5N7O/c1-9-12(7-29(27-9)17(21,22)14(30)24-8-28(2)3)25-15-23-6-11(16(18,19)20)13(26-15)10-4-5-10/h6-8,10H,4-5H2,1-3H3,(H,23,25,26). The molecule has 0 aromatic carbocycles. The predicted molar refractivity (Wildman–Crippen MR) is 96.6 cm³/mol. The van der Waals surface area contributed by atoms with Crippen LogP contribution in [0.5, 0.6) is 0 Å². The number of aliphatic imine (C=N–C) groups is 1. The van der Waals surface area contributed by atoms with Crippen molar-refractivity contribution in [2.24, 2.45) is 4.99 Å². The Balaban J connectivity index is 1.86. The molecule has 1 fully saturated rings. The Kier molecular flexibility index (Phi) is 5.48. The first-order valence-electron chi connectivity index (χ1n) is 8.80. The normalized spacial score (nSPS) is 14.9. The minimum absolute atomic E-state index is 0.0144. The van der Waals surface area contributed by atoms with Crippen LogP contribution in [0.1, 0.15) is 35.7 Å². The lowest BCUT2D eigenvalue weighted by atomic mass is 10.1. The fraction of sp³-hybridized carbons (Fsp3) is 0.471. The van der Waals surface area contributed by atoms with Crippen LogP contribution < -0.4 is 5.32 Å². The molecule has 1 saturated carbocycles. The van der Waals surface area contributed by atoms with Crippen LogP contribution in [0.15, 0.2) is 17.4 Å². The summed E-state index contributed by atoms with van der Waals surface area (Å²) in [6, 6.07) is -4.06. The summed E-state index contributed by atoms with van der Waals surface area (Å²) >= 11 is 0. The predicted octanol–water partition coefficient (Wildman–Crippen LogP) is 3.29. The molecule has 30 heavy (non-hydrogen) atoms. The molecule has 8 nitrogen and oxygen atoms in total. The molecule has 2 aromatic heterocycles. The SMILES string of the molecule is Cc1nn(C(F)(F)C(=O)N=CN(C)C)cc1Nc1ncc(C(F)(F)F)c(C2CC2)n1. The maximum atomic E-state index is 14.3. The van der Waals surface area contributed by atoms with Crippen LogP contribution in [0.4, 0.5) is 33.6 Å². The number of hydrogen-bond acceptors (Lipinski definition) is 5. The Labute approximate surface area is 167 Å². The van der Waals surface area contributed by atoms with Crippen molar-refractivity contribution in [1.29, 1.82) is 0 Å². The zero-order valence-electron chi connectivity index (χ0n) is 16.2. The highest BCUT2D eigenvalue weighted by Crippen LogP contribution is 2.45. The van der Waals surface area contributed by atoms with Gasteiger partial charge < -0.3 is 10.2 Å². The van der Waals surface area contributed by atoms with E-state index in [1.165, 1.54) is 25.9 Å². The van der Waals surface area contributed by atoms with Gasteiger partial charge in [-0.1, -0.05) is 0 Å². The number of anilines is 2. The van der Waals surface area contributed by atoms with Crippen LogP contribution in [0.25, 0.3) is 0 Å². The molecule has 0 bridgehead atoms. The van der Waals surface area contributed by atoms with E-state index in [-0.39, 0.29) is 33.6 Å². The Morgan fingerprint density at radius 2 is 1.97 bits per heavy atom. The van der Waals surface area contributed by atoms with E-state index in [9.17, 15) is 26.7 Å². The van der Waals surface area contributed by atoms with Crippen molar-refractivity contribution in [3.8, 4) is 0 Å². The van der Waals surface area contributed by atoms with Gasteiger partial charge in [0, 0.05) is 26.2 Å². The van der Waals surface area contributed by atoms with Gasteiger partial charge in [-0.05, 0) is 19.8 Å². The number of rotatable bonds is 6. The van der Waals surface area contributed by atoms with E-state index in [2.05, 4.69) is 25.4 Å². The maximum Gasteiger partial charge on any atom is 0.425 e. The molecule has 0 atom stereocenters. The van der Waals surface area contributed by atoms with Gasteiger partial charge in [0.25, 0.3) is 0 Å². The topological polar surface area (TPSA) is 88.3 Å². The molecule has 3 rings (SSSR count). The molecule has 2 heterocycles. The molecule has 1 aliphatic carbocycles. The van der Waals surface area contributed by atoms with Gasteiger partial charge >= 0.3 is 18.1 Å². The third-order valence-electron chi connectivity index (χ3n) is 4.18. The van der Waals surface area contributed by atoms with Gasteiger partial charge in [0.05, 0.1) is 35.2 Å². The number of aromatic nitrogens is 4. The average molecular weight is 431 g/mol. The molecule has 1 amide bonds. The lowest BCUT2D eigenvalue weighted by Crippen LogP contribution is -2.33. The number of alkyl halides is 5. The number of hydrogen-bond donors (Lipinski definition) is 1. The minimum Gasteiger partial charge on any atom is -0.369 e. The highest BCUT2D eigenvalue weighted by Gasteiger charge is 2.43. The van der Waals surface area contributed by atoms with Crippen LogP contribution in [0.3, 0.4) is 0 Å². The molecule has 1 N–H and O–H groups in total. The summed E-state index contributed by atoms with van der Waals surface area (Å²) in [4.78, 5) is 23.8. The Morgan fingerprint density at radius 3 is 2.53 bits per heavy atom. The summed E-state index contributed by atoms with van der Waals surface area (Å²) < 4.78 is 68.2. The number of nitrogens with zero attached hydrogens (tertiary/aromatic N) is 6. The average Bonchev–Trinajstić information content (AvgIpc) is 3.42. The zero-order valence-corrected chi connectivity index (χ0v) is 16.2. The number of nitrogens with one attached hydrogen (secondary N) is 1. The van der Waals surface area contributed by atoms with Crippen molar-refractivity contribution >= 4 is 23.9 Å². The second-order valence-electron chi connectivity index (χ2n) is 7.02. The number of carbonyl (C=O) groups is 1. The van der Waals surface area contributed by atoms with Crippen molar-refractivity contribution in [2.75, 3.05) is 19.4 Å². The first kappa shape index (κ1) is 21.6. The van der Waals surface area contributed by atoms with Gasteiger partial charge in [0.15, 0.2) is 0 Å². The third kappa shape index (κ3) is 4.54. The van der Waals surface area contributed by atoms with Gasteiger partial charge in [0.2, 0.25) is 5.95 Å². The molecule has 0 spiro atoms. The van der Waals surface area contributed by atoms with Crippen LogP contribution in [-0.2, 0) is 17.0 Å². The number of amides is 1. The molecule has 0 saturated heterocycles. The molecule has 2 aromatic rings. The molecule has 13 heteroatoms. The highest BCUT2D eigenvalue weighted by atomic mass is 19.4. The van der Waals surface area contributed by atoms with E-state index in [1.807, 2.05) is 0 Å². The second-order valence-corrected chi connectivity index (χ2v) is 7.02. The maximum absolute atomic E-state index is 14.3. The summed E-state index contributed by atoms with van der Waals surface area (Å²) in [5.74, 6) is -2.23. The Bertz CT molecular complexity index is 979. The van der Waals surface area contributed by atoms with Crippen molar-refractivity contribution in [3.63, 3.8) is 0 Å². The lowest BCUT2D eigenvalue weighted by Gasteiger charge is -2.13.